The van der Waals surface area contributed by atoms with Gasteiger partial charge in [-0.25, -0.2) is 0 Å². The van der Waals surface area contributed by atoms with Gasteiger partial charge in [0.25, 0.3) is 0 Å². The maximum Gasteiger partial charge on any atom is 0.119 e. The third-order valence-electron chi connectivity index (χ3n) is 6.48. The summed E-state index contributed by atoms with van der Waals surface area (Å²) in [6, 6.07) is 31.6. The van der Waals surface area contributed by atoms with Gasteiger partial charge in [0.15, 0.2) is 0 Å². The Morgan fingerprint density at radius 3 is 1.46 bits per heavy atom. The lowest BCUT2D eigenvalue weighted by atomic mass is 10.0. The van der Waals surface area contributed by atoms with Crippen molar-refractivity contribution in [3.05, 3.63) is 119 Å². The summed E-state index contributed by atoms with van der Waals surface area (Å²) in [5, 5.41) is 21.7. The quantitative estimate of drug-likeness (QED) is 0.209. The van der Waals surface area contributed by atoms with Gasteiger partial charge in [-0.3, -0.25) is 0 Å². The Morgan fingerprint density at radius 1 is 0.615 bits per heavy atom. The van der Waals surface area contributed by atoms with E-state index in [1.54, 1.807) is 0 Å². The minimum absolute atomic E-state index is 0.144. The highest BCUT2D eigenvalue weighted by molar-refractivity contribution is 5.49. The third kappa shape index (κ3) is 9.06. The van der Waals surface area contributed by atoms with Gasteiger partial charge in [0, 0.05) is 24.5 Å². The van der Waals surface area contributed by atoms with E-state index in [0.717, 1.165) is 34.5 Å². The van der Waals surface area contributed by atoms with Gasteiger partial charge in [-0.15, -0.1) is 0 Å². The first kappa shape index (κ1) is 28.0. The number of aliphatic hydroxyl groups is 2. The van der Waals surface area contributed by atoms with Crippen LogP contribution in [-0.4, -0.2) is 48.7 Å². The molecular weight excluding hydrogens is 488 g/mol. The molecule has 0 saturated heterocycles. The Bertz CT molecular complexity index is 1220. The second-order valence-corrected chi connectivity index (χ2v) is 10.0. The molecule has 0 bridgehead atoms. The molecule has 0 spiro atoms. The molecule has 0 aromatic heterocycles. The van der Waals surface area contributed by atoms with Crippen molar-refractivity contribution in [3.8, 4) is 11.5 Å². The zero-order chi connectivity index (χ0) is 27.6. The SMILES string of the molecule is Cc1ccc(OCC(O)CN(CC(O)COc2ccc(C)cc2)c2ccc(Cc3ccc(N)cc3)cc2)cc1. The predicted octanol–water partition coefficient (Wildman–Crippen LogP) is 5.16. The maximum atomic E-state index is 10.8. The lowest BCUT2D eigenvalue weighted by molar-refractivity contribution is 0.0954. The lowest BCUT2D eigenvalue weighted by Crippen LogP contribution is -2.41. The van der Waals surface area contributed by atoms with Crippen LogP contribution in [0.15, 0.2) is 97.1 Å². The summed E-state index contributed by atoms with van der Waals surface area (Å²) in [6.07, 6.45) is -0.724. The lowest BCUT2D eigenvalue weighted by Gasteiger charge is -2.29. The second-order valence-electron chi connectivity index (χ2n) is 10.0. The number of hydrogen-bond donors (Lipinski definition) is 3. The summed E-state index contributed by atoms with van der Waals surface area (Å²) in [5.74, 6) is 1.43. The smallest absolute Gasteiger partial charge is 0.119 e. The number of ether oxygens (including phenoxy) is 2. The van der Waals surface area contributed by atoms with E-state index >= 15 is 0 Å². The van der Waals surface area contributed by atoms with Crippen molar-refractivity contribution >= 4 is 11.4 Å². The molecule has 6 nitrogen and oxygen atoms in total. The third-order valence-corrected chi connectivity index (χ3v) is 6.48. The highest BCUT2D eigenvalue weighted by Crippen LogP contribution is 2.20. The van der Waals surface area contributed by atoms with E-state index in [0.29, 0.717) is 24.6 Å². The molecule has 4 aromatic carbocycles. The van der Waals surface area contributed by atoms with Crippen molar-refractivity contribution < 1.29 is 19.7 Å². The Balaban J connectivity index is 1.40. The molecule has 39 heavy (non-hydrogen) atoms. The van der Waals surface area contributed by atoms with Crippen molar-refractivity contribution in [2.75, 3.05) is 36.9 Å². The Labute approximate surface area is 231 Å². The standard InChI is InChI=1S/C33H38N2O4/c1-24-3-15-32(16-4-24)38-22-30(36)20-35(21-31(37)23-39-33-17-5-25(2)6-18-33)29-13-9-27(10-14-29)19-26-7-11-28(34)12-8-26/h3-18,30-31,36-37H,19-23,34H2,1-2H3. The molecular formula is C33H38N2O4. The molecule has 0 aliphatic carbocycles. The summed E-state index contributed by atoms with van der Waals surface area (Å²) in [4.78, 5) is 1.97. The molecule has 204 valence electrons. The predicted molar refractivity (Wildman–Crippen MR) is 158 cm³/mol. The van der Waals surface area contributed by atoms with Gasteiger partial charge in [0.2, 0.25) is 0 Å². The fourth-order valence-corrected chi connectivity index (χ4v) is 4.25. The van der Waals surface area contributed by atoms with Gasteiger partial charge in [0.05, 0.1) is 0 Å². The van der Waals surface area contributed by atoms with Crippen LogP contribution in [0.3, 0.4) is 0 Å². The largest absolute Gasteiger partial charge is 0.491 e. The van der Waals surface area contributed by atoms with Crippen LogP contribution in [0.1, 0.15) is 22.3 Å². The Morgan fingerprint density at radius 2 is 1.03 bits per heavy atom. The zero-order valence-electron chi connectivity index (χ0n) is 22.7. The van der Waals surface area contributed by atoms with Crippen LogP contribution in [0.5, 0.6) is 11.5 Å². The number of aliphatic hydroxyl groups excluding tert-OH is 2. The minimum atomic E-state index is -0.758. The van der Waals surface area contributed by atoms with Crippen molar-refractivity contribution in [1.29, 1.82) is 0 Å². The van der Waals surface area contributed by atoms with E-state index in [9.17, 15) is 10.2 Å². The number of anilines is 2. The number of hydrogen-bond acceptors (Lipinski definition) is 6. The van der Waals surface area contributed by atoms with Crippen LogP contribution in [0.4, 0.5) is 11.4 Å². The first-order chi connectivity index (χ1) is 18.8. The molecule has 4 N–H and O–H groups in total. The molecule has 0 aliphatic heterocycles. The summed E-state index contributed by atoms with van der Waals surface area (Å²) in [7, 11) is 0. The summed E-state index contributed by atoms with van der Waals surface area (Å²) >= 11 is 0. The minimum Gasteiger partial charge on any atom is -0.491 e. The second kappa shape index (κ2) is 13.7. The van der Waals surface area contributed by atoms with Gasteiger partial charge >= 0.3 is 0 Å². The van der Waals surface area contributed by atoms with Crippen LogP contribution >= 0.6 is 0 Å². The van der Waals surface area contributed by atoms with E-state index in [4.69, 9.17) is 15.2 Å². The first-order valence-corrected chi connectivity index (χ1v) is 13.3. The highest BCUT2D eigenvalue weighted by atomic mass is 16.5. The fraction of sp³-hybridized carbons (Fsp3) is 0.273. The van der Waals surface area contributed by atoms with Crippen LogP contribution in [0, 0.1) is 13.8 Å². The summed E-state index contributed by atoms with van der Waals surface area (Å²) < 4.78 is 11.6. The number of rotatable bonds is 13. The van der Waals surface area contributed by atoms with Crippen LogP contribution in [-0.2, 0) is 6.42 Å². The molecule has 0 fully saturated rings. The Hall–Kier alpha value is -4.00. The molecule has 4 rings (SSSR count). The average Bonchev–Trinajstić information content (AvgIpc) is 2.94. The molecule has 2 atom stereocenters. The first-order valence-electron chi connectivity index (χ1n) is 13.3. The molecule has 4 aromatic rings. The number of nitrogens with zero attached hydrogens (tertiary/aromatic N) is 1. The number of nitrogen functional groups attached to an aromatic ring is 1. The molecule has 0 heterocycles. The average molecular weight is 527 g/mol. The fourth-order valence-electron chi connectivity index (χ4n) is 4.25. The number of nitrogens with two attached hydrogens (primary N) is 1. The van der Waals surface area contributed by atoms with Crippen molar-refractivity contribution in [2.45, 2.75) is 32.5 Å². The van der Waals surface area contributed by atoms with Crippen LogP contribution in [0.2, 0.25) is 0 Å². The molecule has 0 saturated carbocycles. The van der Waals surface area contributed by atoms with E-state index < -0.39 is 12.2 Å². The van der Waals surface area contributed by atoms with Gasteiger partial charge in [-0.2, -0.15) is 0 Å². The van der Waals surface area contributed by atoms with Gasteiger partial charge in [0.1, 0.15) is 36.9 Å². The summed E-state index contributed by atoms with van der Waals surface area (Å²) in [6.45, 7) is 4.92. The van der Waals surface area contributed by atoms with E-state index in [1.807, 2.05) is 104 Å². The maximum absolute atomic E-state index is 10.8. The molecule has 6 heteroatoms. The summed E-state index contributed by atoms with van der Waals surface area (Å²) in [5.41, 5.74) is 12.1. The topological polar surface area (TPSA) is 88.2 Å². The van der Waals surface area contributed by atoms with Crippen molar-refractivity contribution in [2.24, 2.45) is 0 Å². The van der Waals surface area contributed by atoms with Gasteiger partial charge in [-0.05, 0) is 79.9 Å². The van der Waals surface area contributed by atoms with E-state index in [2.05, 4.69) is 12.1 Å². The number of benzene rings is 4. The normalized spacial score (nSPS) is 12.5. The molecule has 0 aliphatic rings. The van der Waals surface area contributed by atoms with Gasteiger partial charge in [-0.1, -0.05) is 59.7 Å². The zero-order valence-corrected chi connectivity index (χ0v) is 22.7. The van der Waals surface area contributed by atoms with E-state index in [1.165, 1.54) is 5.56 Å². The molecule has 0 radical (unpaired) electrons. The van der Waals surface area contributed by atoms with Crippen molar-refractivity contribution in [1.82, 2.24) is 0 Å². The van der Waals surface area contributed by atoms with E-state index in [-0.39, 0.29) is 13.2 Å². The highest BCUT2D eigenvalue weighted by Gasteiger charge is 2.18. The molecule has 2 unspecified atom stereocenters. The number of aryl methyl sites for hydroxylation is 2. The van der Waals surface area contributed by atoms with Crippen molar-refractivity contribution in [3.63, 3.8) is 0 Å². The van der Waals surface area contributed by atoms with Crippen LogP contribution in [0.25, 0.3) is 0 Å². The molecule has 0 amide bonds. The monoisotopic (exact) mass is 526 g/mol. The van der Waals surface area contributed by atoms with Gasteiger partial charge < -0.3 is 30.3 Å². The Kier molecular flexibility index (Phi) is 9.84. The van der Waals surface area contributed by atoms with Crippen LogP contribution < -0.4 is 20.1 Å².